The van der Waals surface area contributed by atoms with Gasteiger partial charge in [-0.25, -0.2) is 0 Å². The van der Waals surface area contributed by atoms with Crippen molar-refractivity contribution < 1.29 is 8.85 Å². The summed E-state index contributed by atoms with van der Waals surface area (Å²) in [5.41, 5.74) is 1.09. The molecular weight excluding hydrogens is 348 g/mol. The zero-order valence-electron chi connectivity index (χ0n) is 19.4. The molecule has 2 nitrogen and oxygen atoms in total. The first kappa shape index (κ1) is 23.4. The van der Waals surface area contributed by atoms with E-state index in [1.165, 1.54) is 89.9 Å². The highest BCUT2D eigenvalue weighted by molar-refractivity contribution is 6.70. The molecule has 160 valence electrons. The van der Waals surface area contributed by atoms with Crippen molar-refractivity contribution >= 4 is 8.56 Å². The lowest BCUT2D eigenvalue weighted by Gasteiger charge is -2.50. The molecule has 0 aromatic heterocycles. The Balaban J connectivity index is 2.41. The van der Waals surface area contributed by atoms with Gasteiger partial charge in [0.15, 0.2) is 0 Å². The van der Waals surface area contributed by atoms with Crippen molar-refractivity contribution in [2.45, 2.75) is 154 Å². The van der Waals surface area contributed by atoms with Crippen LogP contribution in [-0.2, 0) is 8.85 Å². The quantitative estimate of drug-likeness (QED) is 0.445. The van der Waals surface area contributed by atoms with Crippen molar-refractivity contribution in [3.05, 3.63) is 0 Å². The maximum absolute atomic E-state index is 7.19. The third-order valence-electron chi connectivity index (χ3n) is 6.28. The molecule has 0 atom stereocenters. The van der Waals surface area contributed by atoms with Crippen molar-refractivity contribution in [1.82, 2.24) is 0 Å². The SMILES string of the molecule is CC(C)(C)O[Si](OC(C)(C)C)(C1CCCCCCC1)C1CCCCCCC1. The Morgan fingerprint density at radius 3 is 1.00 bits per heavy atom. The van der Waals surface area contributed by atoms with Gasteiger partial charge in [0, 0.05) is 11.1 Å². The molecule has 0 heterocycles. The van der Waals surface area contributed by atoms with E-state index in [0.29, 0.717) is 11.1 Å². The van der Waals surface area contributed by atoms with Gasteiger partial charge >= 0.3 is 8.56 Å². The van der Waals surface area contributed by atoms with E-state index < -0.39 is 8.56 Å². The van der Waals surface area contributed by atoms with Gasteiger partial charge in [-0.2, -0.15) is 0 Å². The molecule has 0 bridgehead atoms. The van der Waals surface area contributed by atoms with Crippen LogP contribution in [-0.4, -0.2) is 19.8 Å². The monoisotopic (exact) mass is 396 g/mol. The van der Waals surface area contributed by atoms with Gasteiger partial charge in [0.1, 0.15) is 0 Å². The molecule has 0 unspecified atom stereocenters. The molecule has 0 aliphatic heterocycles. The summed E-state index contributed by atoms with van der Waals surface area (Å²) in [6.45, 7) is 13.5. The molecule has 0 radical (unpaired) electrons. The first-order valence-electron chi connectivity index (χ1n) is 12.0. The van der Waals surface area contributed by atoms with Gasteiger partial charge in [0.2, 0.25) is 0 Å². The van der Waals surface area contributed by atoms with E-state index in [4.69, 9.17) is 8.85 Å². The predicted octanol–water partition coefficient (Wildman–Crippen LogP) is 8.29. The zero-order valence-corrected chi connectivity index (χ0v) is 20.4. The van der Waals surface area contributed by atoms with Gasteiger partial charge in [-0.1, -0.05) is 64.2 Å². The van der Waals surface area contributed by atoms with E-state index in [2.05, 4.69) is 41.5 Å². The van der Waals surface area contributed by atoms with Crippen molar-refractivity contribution in [3.63, 3.8) is 0 Å². The number of rotatable bonds is 4. The molecular formula is C24H48O2Si. The summed E-state index contributed by atoms with van der Waals surface area (Å²) in [5.74, 6) is 0. The first-order valence-corrected chi connectivity index (χ1v) is 14.0. The third kappa shape index (κ3) is 7.82. The van der Waals surface area contributed by atoms with Crippen LogP contribution < -0.4 is 0 Å². The average molecular weight is 397 g/mol. The zero-order chi connectivity index (χ0) is 20.0. The van der Waals surface area contributed by atoms with Gasteiger partial charge in [0.05, 0.1) is 11.2 Å². The highest BCUT2D eigenvalue weighted by atomic mass is 28.4. The summed E-state index contributed by atoms with van der Waals surface area (Å²) < 4.78 is 14.4. The fraction of sp³-hybridized carbons (Fsp3) is 1.00. The van der Waals surface area contributed by atoms with E-state index in [-0.39, 0.29) is 11.2 Å². The van der Waals surface area contributed by atoms with Crippen LogP contribution in [0.3, 0.4) is 0 Å². The second-order valence-corrected chi connectivity index (χ2v) is 14.7. The number of hydrogen-bond acceptors (Lipinski definition) is 2. The van der Waals surface area contributed by atoms with E-state index in [9.17, 15) is 0 Å². The minimum Gasteiger partial charge on any atom is -0.389 e. The topological polar surface area (TPSA) is 18.5 Å². The average Bonchev–Trinajstić information content (AvgIpc) is 2.41. The minimum atomic E-state index is -2.37. The Labute approximate surface area is 171 Å². The van der Waals surface area contributed by atoms with E-state index in [0.717, 1.165) is 0 Å². The molecule has 2 rings (SSSR count). The lowest BCUT2D eigenvalue weighted by atomic mass is 10.00. The summed E-state index contributed by atoms with van der Waals surface area (Å²) in [5, 5.41) is 0. The Morgan fingerprint density at radius 1 is 0.481 bits per heavy atom. The summed E-state index contributed by atoms with van der Waals surface area (Å²) in [6.07, 6.45) is 19.2. The molecule has 0 N–H and O–H groups in total. The molecule has 2 saturated carbocycles. The van der Waals surface area contributed by atoms with Crippen molar-refractivity contribution in [1.29, 1.82) is 0 Å². The first-order chi connectivity index (χ1) is 12.6. The normalized spacial score (nSPS) is 23.3. The van der Waals surface area contributed by atoms with Crippen LogP contribution in [0, 0.1) is 0 Å². The molecule has 0 spiro atoms. The predicted molar refractivity (Wildman–Crippen MR) is 120 cm³/mol. The minimum absolute atomic E-state index is 0.123. The Hall–Kier alpha value is 0.137. The maximum Gasteiger partial charge on any atom is 0.345 e. The van der Waals surface area contributed by atoms with Gasteiger partial charge in [-0.05, 0) is 67.2 Å². The summed E-state index contributed by atoms with van der Waals surface area (Å²) in [4.78, 5) is 0. The lowest BCUT2D eigenvalue weighted by molar-refractivity contribution is -0.000997. The largest absolute Gasteiger partial charge is 0.389 e. The molecule has 0 amide bonds. The molecule has 2 fully saturated rings. The Morgan fingerprint density at radius 2 is 0.741 bits per heavy atom. The third-order valence-corrected chi connectivity index (χ3v) is 11.6. The van der Waals surface area contributed by atoms with Crippen LogP contribution >= 0.6 is 0 Å². The Kier molecular flexibility index (Phi) is 8.89. The van der Waals surface area contributed by atoms with Crippen LogP contribution in [0.1, 0.15) is 131 Å². The Bertz CT molecular complexity index is 365. The fourth-order valence-corrected chi connectivity index (χ4v) is 11.1. The highest BCUT2D eigenvalue weighted by Gasteiger charge is 2.55. The lowest BCUT2D eigenvalue weighted by Crippen LogP contribution is -2.58. The second-order valence-electron chi connectivity index (χ2n) is 11.2. The summed E-state index contributed by atoms with van der Waals surface area (Å²) >= 11 is 0. The van der Waals surface area contributed by atoms with Crippen molar-refractivity contribution in [3.8, 4) is 0 Å². The second kappa shape index (κ2) is 10.3. The standard InChI is InChI=1S/C24H48O2Si/c1-23(2,3)25-27(26-24(4,5)6,21-17-13-9-7-10-14-18-21)22-19-15-11-8-12-16-20-22/h21-22H,7-20H2,1-6H3. The van der Waals surface area contributed by atoms with E-state index in [1.54, 1.807) is 0 Å². The van der Waals surface area contributed by atoms with Gasteiger partial charge in [-0.15, -0.1) is 0 Å². The smallest absolute Gasteiger partial charge is 0.345 e. The molecule has 0 saturated heterocycles. The summed E-state index contributed by atoms with van der Waals surface area (Å²) in [6, 6.07) is 0. The molecule has 0 aromatic rings. The van der Waals surface area contributed by atoms with Crippen LogP contribution in [0.15, 0.2) is 0 Å². The highest BCUT2D eigenvalue weighted by Crippen LogP contribution is 2.50. The molecule has 2 aliphatic rings. The van der Waals surface area contributed by atoms with Crippen molar-refractivity contribution in [2.24, 2.45) is 0 Å². The molecule has 2 aliphatic carbocycles. The van der Waals surface area contributed by atoms with Crippen molar-refractivity contribution in [2.75, 3.05) is 0 Å². The van der Waals surface area contributed by atoms with Gasteiger partial charge in [-0.3, -0.25) is 0 Å². The molecule has 0 aromatic carbocycles. The van der Waals surface area contributed by atoms with Gasteiger partial charge < -0.3 is 8.85 Å². The summed E-state index contributed by atoms with van der Waals surface area (Å²) in [7, 11) is -2.37. The van der Waals surface area contributed by atoms with Crippen LogP contribution in [0.25, 0.3) is 0 Å². The van der Waals surface area contributed by atoms with E-state index in [1.807, 2.05) is 0 Å². The maximum atomic E-state index is 7.19. The molecule has 3 heteroatoms. The molecule has 27 heavy (non-hydrogen) atoms. The van der Waals surface area contributed by atoms with Gasteiger partial charge in [0.25, 0.3) is 0 Å². The van der Waals surface area contributed by atoms with E-state index >= 15 is 0 Å². The van der Waals surface area contributed by atoms with Crippen LogP contribution in [0.4, 0.5) is 0 Å². The number of hydrogen-bond donors (Lipinski definition) is 0. The van der Waals surface area contributed by atoms with Crippen LogP contribution in [0.2, 0.25) is 11.1 Å². The van der Waals surface area contributed by atoms with Crippen LogP contribution in [0.5, 0.6) is 0 Å². The fourth-order valence-electron chi connectivity index (χ4n) is 5.36.